The molecule has 6 heterocycles. The number of fused-ring (bicyclic) bond motifs is 3. The normalized spacial score (nSPS) is 30.9. The average molecular weight is 515 g/mol. The van der Waals surface area contributed by atoms with Crippen LogP contribution in [0, 0.1) is 5.41 Å². The van der Waals surface area contributed by atoms with Crippen molar-refractivity contribution in [2.75, 3.05) is 42.6 Å². The zero-order valence-corrected chi connectivity index (χ0v) is 21.6. The molecular formula is C25H34N6O4S. The zero-order valence-electron chi connectivity index (χ0n) is 20.8. The third-order valence-electron chi connectivity index (χ3n) is 8.24. The molecule has 10 nitrogen and oxygen atoms in total. The Morgan fingerprint density at radius 1 is 1.25 bits per heavy atom. The van der Waals surface area contributed by atoms with E-state index in [1.165, 1.54) is 11.8 Å². The number of ether oxygens (including phenoxy) is 2. The minimum atomic E-state index is -0.750. The molecule has 4 atom stereocenters. The Bertz CT molecular complexity index is 1140. The Balaban J connectivity index is 1.20. The number of nitrogens with two attached hydrogens (primary N) is 1. The Morgan fingerprint density at radius 3 is 2.78 bits per heavy atom. The summed E-state index contributed by atoms with van der Waals surface area (Å²) in [5, 5.41) is 21.3. The van der Waals surface area contributed by atoms with Crippen molar-refractivity contribution in [3.63, 3.8) is 0 Å². The van der Waals surface area contributed by atoms with Crippen molar-refractivity contribution < 1.29 is 19.7 Å². The SMILES string of the molecule is C[C@@H]1OCC2(CCN(c3ncc(Sc4ccnc5c4OCC4CC(C)(O)CN54)nc3CO)CC2)[C@@H]1N. The summed E-state index contributed by atoms with van der Waals surface area (Å²) in [5.74, 6) is 2.19. The summed E-state index contributed by atoms with van der Waals surface area (Å²) in [6.07, 6.45) is 6.14. The Hall–Kier alpha value is -2.18. The largest absolute Gasteiger partial charge is 0.486 e. The van der Waals surface area contributed by atoms with Crippen molar-refractivity contribution >= 4 is 23.4 Å². The fourth-order valence-electron chi connectivity index (χ4n) is 6.17. The molecule has 11 heteroatoms. The van der Waals surface area contributed by atoms with Gasteiger partial charge in [-0.2, -0.15) is 0 Å². The van der Waals surface area contributed by atoms with E-state index in [1.807, 2.05) is 13.0 Å². The maximum absolute atomic E-state index is 10.5. The van der Waals surface area contributed by atoms with Crippen molar-refractivity contribution in [3.05, 3.63) is 24.2 Å². The van der Waals surface area contributed by atoms with E-state index < -0.39 is 5.60 Å². The summed E-state index contributed by atoms with van der Waals surface area (Å²) in [6, 6.07) is 2.08. The van der Waals surface area contributed by atoms with Gasteiger partial charge in [-0.1, -0.05) is 11.8 Å². The van der Waals surface area contributed by atoms with Gasteiger partial charge in [0.15, 0.2) is 17.4 Å². The van der Waals surface area contributed by atoms with Crippen molar-refractivity contribution in [2.24, 2.45) is 11.1 Å². The second-order valence-corrected chi connectivity index (χ2v) is 11.9. The highest BCUT2D eigenvalue weighted by Gasteiger charge is 2.48. The molecule has 4 aliphatic rings. The summed E-state index contributed by atoms with van der Waals surface area (Å²) >= 11 is 1.45. The molecule has 0 aliphatic carbocycles. The zero-order chi connectivity index (χ0) is 25.1. The summed E-state index contributed by atoms with van der Waals surface area (Å²) in [7, 11) is 0. The van der Waals surface area contributed by atoms with Gasteiger partial charge < -0.3 is 35.2 Å². The van der Waals surface area contributed by atoms with Gasteiger partial charge in [-0.15, -0.1) is 0 Å². The van der Waals surface area contributed by atoms with E-state index >= 15 is 0 Å². The molecule has 1 spiro atoms. The van der Waals surface area contributed by atoms with E-state index in [2.05, 4.69) is 21.7 Å². The number of piperidine rings is 1. The number of hydrogen-bond donors (Lipinski definition) is 3. The number of aliphatic hydroxyl groups is 2. The number of aromatic nitrogens is 3. The standard InChI is InChI=1S/C25H34N6O4S/c1-15-21(26)25(14-35-15)4-7-30(8-5-25)22-17(11-32)29-19(10-28-22)36-18-3-6-27-23-20(18)34-12-16-9-24(2,33)13-31(16)23/h3,6,10,15-16,21,32-33H,4-5,7-9,11-14,26H2,1-2H3/t15-,16?,21+,24?/m0/s1. The van der Waals surface area contributed by atoms with Gasteiger partial charge in [-0.25, -0.2) is 15.0 Å². The second-order valence-electron chi connectivity index (χ2n) is 10.9. The van der Waals surface area contributed by atoms with Crippen LogP contribution in [0.4, 0.5) is 11.6 Å². The molecule has 4 aliphatic heterocycles. The van der Waals surface area contributed by atoms with Crippen molar-refractivity contribution in [3.8, 4) is 5.75 Å². The first-order chi connectivity index (χ1) is 17.3. The minimum absolute atomic E-state index is 0.0285. The Morgan fingerprint density at radius 2 is 2.06 bits per heavy atom. The molecule has 2 unspecified atom stereocenters. The molecule has 194 valence electrons. The maximum atomic E-state index is 10.5. The third-order valence-corrected chi connectivity index (χ3v) is 9.19. The number of pyridine rings is 1. The van der Waals surface area contributed by atoms with Crippen molar-refractivity contribution in [1.82, 2.24) is 15.0 Å². The van der Waals surface area contributed by atoms with Gasteiger partial charge in [0.05, 0.1) is 42.1 Å². The van der Waals surface area contributed by atoms with Crippen LogP contribution in [0.1, 0.15) is 38.8 Å². The van der Waals surface area contributed by atoms with E-state index in [-0.39, 0.29) is 30.2 Å². The molecule has 4 N–H and O–H groups in total. The first kappa shape index (κ1) is 24.2. The van der Waals surface area contributed by atoms with E-state index in [0.29, 0.717) is 42.6 Å². The smallest absolute Gasteiger partial charge is 0.175 e. The van der Waals surface area contributed by atoms with E-state index in [4.69, 9.17) is 25.2 Å². The van der Waals surface area contributed by atoms with Gasteiger partial charge in [-0.05, 0) is 32.8 Å². The van der Waals surface area contributed by atoms with Crippen LogP contribution >= 0.6 is 11.8 Å². The molecule has 2 aromatic rings. The number of anilines is 2. The van der Waals surface area contributed by atoms with Crippen LogP contribution in [0.5, 0.6) is 5.75 Å². The lowest BCUT2D eigenvalue weighted by Crippen LogP contribution is -2.51. The number of rotatable bonds is 4. The van der Waals surface area contributed by atoms with E-state index in [0.717, 1.165) is 42.5 Å². The highest BCUT2D eigenvalue weighted by Crippen LogP contribution is 2.46. The molecule has 0 aromatic carbocycles. The van der Waals surface area contributed by atoms with Gasteiger partial charge in [0.25, 0.3) is 0 Å². The predicted octanol–water partition coefficient (Wildman–Crippen LogP) is 1.57. The Labute approximate surface area is 215 Å². The lowest BCUT2D eigenvalue weighted by Gasteiger charge is -2.41. The first-order valence-corrected chi connectivity index (χ1v) is 13.5. The summed E-state index contributed by atoms with van der Waals surface area (Å²) in [4.78, 5) is 19.3. The molecule has 0 bridgehead atoms. The van der Waals surface area contributed by atoms with Crippen LogP contribution < -0.4 is 20.3 Å². The topological polar surface area (TPSA) is 130 Å². The molecule has 3 fully saturated rings. The highest BCUT2D eigenvalue weighted by molar-refractivity contribution is 7.99. The van der Waals surface area contributed by atoms with Crippen LogP contribution in [0.2, 0.25) is 0 Å². The van der Waals surface area contributed by atoms with Crippen LogP contribution in [0.3, 0.4) is 0 Å². The minimum Gasteiger partial charge on any atom is -0.486 e. The molecule has 0 saturated carbocycles. The summed E-state index contributed by atoms with van der Waals surface area (Å²) in [6.45, 7) is 7.10. The molecule has 36 heavy (non-hydrogen) atoms. The molecule has 3 saturated heterocycles. The van der Waals surface area contributed by atoms with Gasteiger partial charge in [0, 0.05) is 43.7 Å². The third kappa shape index (κ3) is 4.10. The number of nitrogens with zero attached hydrogens (tertiary/aromatic N) is 5. The fraction of sp³-hybridized carbons (Fsp3) is 0.640. The van der Waals surface area contributed by atoms with Crippen LogP contribution in [-0.4, -0.2) is 81.8 Å². The van der Waals surface area contributed by atoms with Gasteiger partial charge in [0.2, 0.25) is 0 Å². The number of hydrogen-bond acceptors (Lipinski definition) is 11. The Kier molecular flexibility index (Phi) is 6.03. The van der Waals surface area contributed by atoms with Crippen molar-refractivity contribution in [2.45, 2.75) is 73.4 Å². The first-order valence-electron chi connectivity index (χ1n) is 12.7. The molecule has 6 rings (SSSR count). The fourth-order valence-corrected chi connectivity index (χ4v) is 7.03. The molecule has 0 radical (unpaired) electrons. The lowest BCUT2D eigenvalue weighted by molar-refractivity contribution is 0.0783. The maximum Gasteiger partial charge on any atom is 0.175 e. The quantitative estimate of drug-likeness (QED) is 0.550. The monoisotopic (exact) mass is 514 g/mol. The highest BCUT2D eigenvalue weighted by atomic mass is 32.2. The molecule has 2 aromatic heterocycles. The van der Waals surface area contributed by atoms with Crippen LogP contribution in [0.25, 0.3) is 0 Å². The lowest BCUT2D eigenvalue weighted by atomic mass is 9.73. The van der Waals surface area contributed by atoms with Gasteiger partial charge in [0.1, 0.15) is 17.3 Å². The van der Waals surface area contributed by atoms with Crippen molar-refractivity contribution in [1.29, 1.82) is 0 Å². The molecular weight excluding hydrogens is 480 g/mol. The van der Waals surface area contributed by atoms with Crippen LogP contribution in [0.15, 0.2) is 28.4 Å². The van der Waals surface area contributed by atoms with E-state index in [1.54, 1.807) is 12.4 Å². The van der Waals surface area contributed by atoms with Gasteiger partial charge >= 0.3 is 0 Å². The molecule has 0 amide bonds. The van der Waals surface area contributed by atoms with Crippen LogP contribution in [-0.2, 0) is 11.3 Å². The second kappa shape index (κ2) is 8.98. The summed E-state index contributed by atoms with van der Waals surface area (Å²) in [5.41, 5.74) is 6.31. The van der Waals surface area contributed by atoms with E-state index in [9.17, 15) is 10.2 Å². The number of aliphatic hydroxyl groups excluding tert-OH is 1. The summed E-state index contributed by atoms with van der Waals surface area (Å²) < 4.78 is 12.0. The van der Waals surface area contributed by atoms with Gasteiger partial charge in [-0.3, -0.25) is 0 Å². The predicted molar refractivity (Wildman–Crippen MR) is 135 cm³/mol. The average Bonchev–Trinajstić information content (AvgIpc) is 3.35.